The minimum Gasteiger partial charge on any atom is -0.467 e. The first-order valence-corrected chi connectivity index (χ1v) is 15.0. The Hall–Kier alpha value is -5.02. The van der Waals surface area contributed by atoms with Crippen LogP contribution in [0.3, 0.4) is 0 Å². The van der Waals surface area contributed by atoms with Gasteiger partial charge >= 0.3 is 35.9 Å². The van der Waals surface area contributed by atoms with Crippen molar-refractivity contribution in [1.82, 2.24) is 5.32 Å². The van der Waals surface area contributed by atoms with Crippen molar-refractivity contribution >= 4 is 35.9 Å². The predicted octanol–water partition coefficient (Wildman–Crippen LogP) is 2.17. The number of rotatable bonds is 12. The van der Waals surface area contributed by atoms with Gasteiger partial charge in [0.05, 0.1) is 13.7 Å². The van der Waals surface area contributed by atoms with Crippen LogP contribution in [0.1, 0.15) is 44.7 Å². The molecule has 1 fully saturated rings. The zero-order valence-electron chi connectivity index (χ0n) is 27.0. The molecule has 15 heteroatoms. The highest BCUT2D eigenvalue weighted by molar-refractivity contribution is 5.79. The fraction of sp³-hybridized carbons (Fsp3) is 0.455. The van der Waals surface area contributed by atoms with Gasteiger partial charge in [0, 0.05) is 33.6 Å². The smallest absolute Gasteiger partial charge is 0.407 e. The van der Waals surface area contributed by atoms with Gasteiger partial charge in [-0.25, -0.2) is 9.59 Å². The Labute approximate surface area is 276 Å². The van der Waals surface area contributed by atoms with Gasteiger partial charge in [-0.05, 0) is 22.3 Å². The second-order valence-electron chi connectivity index (χ2n) is 10.9. The third kappa shape index (κ3) is 8.86. The number of alkyl carbamates (subject to hydrolysis) is 1. The monoisotopic (exact) mass is 671 g/mol. The predicted molar refractivity (Wildman–Crippen MR) is 162 cm³/mol. The Morgan fingerprint density at radius 3 is 1.79 bits per heavy atom. The van der Waals surface area contributed by atoms with Gasteiger partial charge in [0.15, 0.2) is 30.7 Å². The zero-order chi connectivity index (χ0) is 35.0. The highest BCUT2D eigenvalue weighted by Crippen LogP contribution is 2.44. The summed E-state index contributed by atoms with van der Waals surface area (Å²) in [6.07, 6.45) is -9.97. The highest BCUT2D eigenvalue weighted by Gasteiger charge is 2.53. The fourth-order valence-corrected chi connectivity index (χ4v) is 5.60. The molecule has 2 aromatic rings. The second-order valence-corrected chi connectivity index (χ2v) is 10.9. The molecular weight excluding hydrogens is 634 g/mol. The van der Waals surface area contributed by atoms with Gasteiger partial charge < -0.3 is 43.2 Å². The first kappa shape index (κ1) is 35.8. The molecule has 4 rings (SSSR count). The Morgan fingerprint density at radius 1 is 0.708 bits per heavy atom. The van der Waals surface area contributed by atoms with E-state index in [9.17, 15) is 28.8 Å². The van der Waals surface area contributed by atoms with Crippen LogP contribution in [-0.4, -0.2) is 99.6 Å². The maximum absolute atomic E-state index is 12.9. The van der Waals surface area contributed by atoms with Crippen LogP contribution in [0, 0.1) is 0 Å². The van der Waals surface area contributed by atoms with Gasteiger partial charge in [-0.3, -0.25) is 19.2 Å². The van der Waals surface area contributed by atoms with Gasteiger partial charge in [0.1, 0.15) is 19.3 Å². The molecule has 0 bridgehead atoms. The van der Waals surface area contributed by atoms with Crippen molar-refractivity contribution in [2.45, 2.75) is 70.4 Å². The van der Waals surface area contributed by atoms with Crippen molar-refractivity contribution in [3.8, 4) is 11.1 Å². The van der Waals surface area contributed by atoms with Gasteiger partial charge in [0.2, 0.25) is 0 Å². The summed E-state index contributed by atoms with van der Waals surface area (Å²) < 4.78 is 43.3. The summed E-state index contributed by atoms with van der Waals surface area (Å²) in [5.41, 5.74) is 4.11. The number of carbonyl (C=O) groups excluding carboxylic acids is 6. The third-order valence-electron chi connectivity index (χ3n) is 7.49. The number of fused-ring (bicyclic) bond motifs is 3. The van der Waals surface area contributed by atoms with E-state index in [2.05, 4.69) is 5.32 Å². The summed E-state index contributed by atoms with van der Waals surface area (Å²) in [5.74, 6) is -4.39. The molecule has 1 aliphatic heterocycles. The number of methoxy groups -OCH3 is 1. The molecule has 1 saturated heterocycles. The lowest BCUT2D eigenvalue weighted by atomic mass is 9.98. The van der Waals surface area contributed by atoms with Crippen molar-refractivity contribution in [2.75, 3.05) is 26.9 Å². The molecule has 0 radical (unpaired) electrons. The lowest BCUT2D eigenvalue weighted by Gasteiger charge is -2.44. The summed E-state index contributed by atoms with van der Waals surface area (Å²) in [4.78, 5) is 73.5. The minimum absolute atomic E-state index is 0.00327. The maximum atomic E-state index is 12.9. The third-order valence-corrected chi connectivity index (χ3v) is 7.49. The van der Waals surface area contributed by atoms with E-state index in [-0.39, 0.29) is 12.5 Å². The van der Waals surface area contributed by atoms with Crippen molar-refractivity contribution in [3.05, 3.63) is 59.7 Å². The molecule has 1 N–H and O–H groups in total. The molecule has 258 valence electrons. The van der Waals surface area contributed by atoms with Crippen LogP contribution < -0.4 is 5.32 Å². The highest BCUT2D eigenvalue weighted by atomic mass is 16.7. The molecule has 0 spiro atoms. The van der Waals surface area contributed by atoms with E-state index in [4.69, 9.17) is 37.9 Å². The van der Waals surface area contributed by atoms with Crippen LogP contribution in [0.4, 0.5) is 4.79 Å². The number of ether oxygens (including phenoxy) is 8. The Bertz CT molecular complexity index is 1480. The van der Waals surface area contributed by atoms with Gasteiger partial charge in [0.25, 0.3) is 0 Å². The molecule has 15 nitrogen and oxygen atoms in total. The molecule has 0 aromatic heterocycles. The maximum Gasteiger partial charge on any atom is 0.407 e. The Balaban J connectivity index is 1.51. The zero-order valence-corrected chi connectivity index (χ0v) is 27.0. The molecule has 48 heavy (non-hydrogen) atoms. The average Bonchev–Trinajstić information content (AvgIpc) is 3.36. The number of hydrogen-bond acceptors (Lipinski definition) is 14. The number of carbonyl (C=O) groups is 6. The SMILES string of the molecule is COC(=O)[C@H](CNC(=O)OCC1c2ccccc2-c2ccccc21)O[C@@H]1O[C@H](COC(C)=O)[C@@H](OC(C)=O)[C@H](OC(C)=O)[C@H]1OC(C)=O. The largest absolute Gasteiger partial charge is 0.467 e. The summed E-state index contributed by atoms with van der Waals surface area (Å²) >= 11 is 0. The summed E-state index contributed by atoms with van der Waals surface area (Å²) in [7, 11) is 1.08. The van der Waals surface area contributed by atoms with E-state index < -0.39 is 85.9 Å². The first-order valence-electron chi connectivity index (χ1n) is 15.0. The average molecular weight is 672 g/mol. The van der Waals surface area contributed by atoms with Gasteiger partial charge in [-0.1, -0.05) is 48.5 Å². The van der Waals surface area contributed by atoms with E-state index in [1.165, 1.54) is 0 Å². The molecule has 1 heterocycles. The molecule has 2 aromatic carbocycles. The van der Waals surface area contributed by atoms with Gasteiger partial charge in [-0.15, -0.1) is 0 Å². The first-order chi connectivity index (χ1) is 22.9. The Kier molecular flexibility index (Phi) is 12.1. The lowest BCUT2D eigenvalue weighted by molar-refractivity contribution is -0.315. The summed E-state index contributed by atoms with van der Waals surface area (Å²) in [5, 5.41) is 2.47. The van der Waals surface area contributed by atoms with E-state index >= 15 is 0 Å². The van der Waals surface area contributed by atoms with Crippen molar-refractivity contribution in [2.24, 2.45) is 0 Å². The molecular formula is C33H37NO14. The van der Waals surface area contributed by atoms with Crippen LogP contribution in [0.2, 0.25) is 0 Å². The topological polar surface area (TPSA) is 188 Å². The Morgan fingerprint density at radius 2 is 1.25 bits per heavy atom. The minimum atomic E-state index is -1.68. The van der Waals surface area contributed by atoms with E-state index in [1.807, 2.05) is 48.5 Å². The molecule has 1 aliphatic carbocycles. The van der Waals surface area contributed by atoms with Crippen LogP contribution >= 0.6 is 0 Å². The number of nitrogens with one attached hydrogen (secondary N) is 1. The van der Waals surface area contributed by atoms with Crippen molar-refractivity contribution < 1.29 is 66.7 Å². The fourth-order valence-electron chi connectivity index (χ4n) is 5.60. The molecule has 1 amide bonds. The molecule has 0 saturated carbocycles. The van der Waals surface area contributed by atoms with Crippen LogP contribution in [0.25, 0.3) is 11.1 Å². The standard InChI is InChI=1S/C33H37NO14/c1-17(35)42-16-27-28(44-18(2)36)29(45-19(3)37)30(46-20(4)38)32(48-27)47-26(31(39)41-5)14-34-33(40)43-15-25-23-12-8-6-10-21(23)22-11-7-9-13-24(22)25/h6-13,25-30,32H,14-16H2,1-5H3,(H,34,40)/t26-,27+,28+,29-,30+,32+/m0/s1. The van der Waals surface area contributed by atoms with Crippen molar-refractivity contribution in [1.29, 1.82) is 0 Å². The van der Waals surface area contributed by atoms with Gasteiger partial charge in [-0.2, -0.15) is 0 Å². The number of amides is 1. The normalized spacial score (nSPS) is 21.8. The molecule has 0 unspecified atom stereocenters. The molecule has 6 atom stereocenters. The number of esters is 5. The quantitative estimate of drug-likeness (QED) is 0.255. The van der Waals surface area contributed by atoms with Crippen LogP contribution in [0.15, 0.2) is 48.5 Å². The summed E-state index contributed by atoms with van der Waals surface area (Å²) in [6, 6.07) is 15.6. The van der Waals surface area contributed by atoms with E-state index in [1.54, 1.807) is 0 Å². The van der Waals surface area contributed by atoms with Crippen LogP contribution in [0.5, 0.6) is 0 Å². The summed E-state index contributed by atoms with van der Waals surface area (Å²) in [6.45, 7) is 3.35. The number of hydrogen-bond donors (Lipinski definition) is 1. The second kappa shape index (κ2) is 16.2. The van der Waals surface area contributed by atoms with Crippen LogP contribution in [-0.2, 0) is 61.9 Å². The van der Waals surface area contributed by atoms with E-state index in [0.717, 1.165) is 57.1 Å². The van der Waals surface area contributed by atoms with E-state index in [0.29, 0.717) is 0 Å². The van der Waals surface area contributed by atoms with Crippen molar-refractivity contribution in [3.63, 3.8) is 0 Å². The number of benzene rings is 2. The lowest BCUT2D eigenvalue weighted by Crippen LogP contribution is -2.63. The molecule has 2 aliphatic rings.